The molecule has 34 heavy (non-hydrogen) atoms. The van der Waals surface area contributed by atoms with Crippen molar-refractivity contribution in [1.82, 2.24) is 9.80 Å². The van der Waals surface area contributed by atoms with E-state index in [-0.39, 0.29) is 12.5 Å². The number of hydrogen-bond donors (Lipinski definition) is 0. The Hall–Kier alpha value is -2.08. The third-order valence-electron chi connectivity index (χ3n) is 7.43. The van der Waals surface area contributed by atoms with Crippen molar-refractivity contribution in [2.75, 3.05) is 40.5 Å². The number of hydrogen-bond acceptors (Lipinski definition) is 4. The molecule has 1 heterocycles. The van der Waals surface area contributed by atoms with Gasteiger partial charge in [-0.3, -0.25) is 9.69 Å². The summed E-state index contributed by atoms with van der Waals surface area (Å²) >= 11 is 6.48. The fraction of sp³-hybridized carbons (Fsp3) is 0.536. The number of rotatable bonds is 9. The Labute approximate surface area is 209 Å². The topological polar surface area (TPSA) is 42.0 Å². The van der Waals surface area contributed by atoms with Crippen molar-refractivity contribution in [3.05, 3.63) is 64.7 Å². The molecule has 2 atom stereocenters. The summed E-state index contributed by atoms with van der Waals surface area (Å²) in [6.07, 6.45) is 5.85. The quantitative estimate of drug-likeness (QED) is 0.479. The smallest absolute Gasteiger partial charge is 0.248 e. The van der Waals surface area contributed by atoms with Gasteiger partial charge in [0.25, 0.3) is 0 Å². The van der Waals surface area contributed by atoms with Crippen LogP contribution in [0.5, 0.6) is 5.75 Å². The summed E-state index contributed by atoms with van der Waals surface area (Å²) in [5.41, 5.74) is 2.42. The average Bonchev–Trinajstić information content (AvgIpc) is 3.27. The van der Waals surface area contributed by atoms with Gasteiger partial charge >= 0.3 is 0 Å². The maximum Gasteiger partial charge on any atom is 0.248 e. The highest BCUT2D eigenvalue weighted by Gasteiger charge is 2.37. The molecule has 6 heteroatoms. The summed E-state index contributed by atoms with van der Waals surface area (Å²) in [7, 11) is 3.32. The molecular formula is C28H37ClN2O3. The van der Waals surface area contributed by atoms with Crippen molar-refractivity contribution in [2.45, 2.75) is 50.6 Å². The van der Waals surface area contributed by atoms with Gasteiger partial charge in [0.15, 0.2) is 0 Å². The van der Waals surface area contributed by atoms with E-state index in [1.54, 1.807) is 14.2 Å². The lowest BCUT2D eigenvalue weighted by atomic mass is 9.87. The van der Waals surface area contributed by atoms with Gasteiger partial charge in [0.1, 0.15) is 12.4 Å². The Bertz CT molecular complexity index is 947. The normalized spacial score (nSPS) is 21.5. The van der Waals surface area contributed by atoms with E-state index in [1.807, 2.05) is 24.3 Å². The first-order valence-electron chi connectivity index (χ1n) is 12.5. The molecule has 1 aliphatic heterocycles. The summed E-state index contributed by atoms with van der Waals surface area (Å²) in [6, 6.07) is 16.8. The number of amides is 1. The summed E-state index contributed by atoms with van der Waals surface area (Å²) in [5, 5.41) is 0.808. The molecule has 0 aromatic heterocycles. The molecule has 2 aromatic rings. The second-order valence-electron chi connectivity index (χ2n) is 9.70. The molecule has 1 amide bonds. The largest absolute Gasteiger partial charge is 0.497 e. The Kier molecular flexibility index (Phi) is 8.87. The molecule has 2 aromatic carbocycles. The molecule has 1 saturated carbocycles. The van der Waals surface area contributed by atoms with E-state index in [4.69, 9.17) is 21.1 Å². The van der Waals surface area contributed by atoms with Crippen LogP contribution in [0.15, 0.2) is 48.5 Å². The molecule has 5 nitrogen and oxygen atoms in total. The van der Waals surface area contributed by atoms with Crippen molar-refractivity contribution >= 4 is 17.5 Å². The third kappa shape index (κ3) is 6.12. The SMILES string of the molecule is COCC(=O)N(CC1CN(Cc2ccccc2Cl)CC1c1cccc(OC)c1)C1CCCCC1. The first kappa shape index (κ1) is 25.0. The van der Waals surface area contributed by atoms with Gasteiger partial charge in [-0.1, -0.05) is 61.2 Å². The summed E-state index contributed by atoms with van der Waals surface area (Å²) in [5.74, 6) is 1.64. The molecule has 1 saturated heterocycles. The van der Waals surface area contributed by atoms with Gasteiger partial charge in [-0.2, -0.15) is 0 Å². The number of carbonyl (C=O) groups excluding carboxylic acids is 1. The fourth-order valence-corrected chi connectivity index (χ4v) is 5.89. The van der Waals surface area contributed by atoms with Gasteiger partial charge in [-0.15, -0.1) is 0 Å². The van der Waals surface area contributed by atoms with Crippen LogP contribution in [0.4, 0.5) is 0 Å². The Morgan fingerprint density at radius 3 is 2.59 bits per heavy atom. The standard InChI is InChI=1S/C28H37ClN2O3/c1-33-20-28(32)31(24-11-4-3-5-12-24)18-23-17-30(16-22-9-6-7-14-27(22)29)19-26(23)21-10-8-13-25(15-21)34-2/h6-10,13-15,23-24,26H,3-5,11-12,16-20H2,1-2H3. The van der Waals surface area contributed by atoms with Gasteiger partial charge in [0, 0.05) is 50.3 Å². The van der Waals surface area contributed by atoms with Gasteiger partial charge < -0.3 is 14.4 Å². The van der Waals surface area contributed by atoms with Crippen LogP contribution in [-0.2, 0) is 16.1 Å². The third-order valence-corrected chi connectivity index (χ3v) is 7.79. The van der Waals surface area contributed by atoms with E-state index >= 15 is 0 Å². The monoisotopic (exact) mass is 484 g/mol. The fourth-order valence-electron chi connectivity index (χ4n) is 5.70. The highest BCUT2D eigenvalue weighted by molar-refractivity contribution is 6.31. The highest BCUT2D eigenvalue weighted by Crippen LogP contribution is 2.37. The number of halogens is 1. The van der Waals surface area contributed by atoms with Gasteiger partial charge in [-0.25, -0.2) is 0 Å². The van der Waals surface area contributed by atoms with Crippen LogP contribution < -0.4 is 4.74 Å². The molecule has 0 spiro atoms. The van der Waals surface area contributed by atoms with Crippen LogP contribution in [-0.4, -0.2) is 62.2 Å². The number of methoxy groups -OCH3 is 2. The Morgan fingerprint density at radius 2 is 1.85 bits per heavy atom. The van der Waals surface area contributed by atoms with Crippen molar-refractivity contribution in [3.63, 3.8) is 0 Å². The lowest BCUT2D eigenvalue weighted by molar-refractivity contribution is -0.139. The van der Waals surface area contributed by atoms with Crippen LogP contribution in [0.1, 0.15) is 49.1 Å². The van der Waals surface area contributed by atoms with Crippen LogP contribution in [0.2, 0.25) is 5.02 Å². The van der Waals surface area contributed by atoms with Crippen LogP contribution in [0.25, 0.3) is 0 Å². The number of nitrogens with zero attached hydrogens (tertiary/aromatic N) is 2. The molecular weight excluding hydrogens is 448 g/mol. The molecule has 0 bridgehead atoms. The number of likely N-dealkylation sites (tertiary alicyclic amines) is 1. The summed E-state index contributed by atoms with van der Waals surface area (Å²) in [6.45, 7) is 3.58. The second-order valence-corrected chi connectivity index (χ2v) is 10.1. The summed E-state index contributed by atoms with van der Waals surface area (Å²) in [4.78, 5) is 17.8. The predicted molar refractivity (Wildman–Crippen MR) is 136 cm³/mol. The molecule has 0 N–H and O–H groups in total. The van der Waals surface area contributed by atoms with E-state index < -0.39 is 0 Å². The van der Waals surface area contributed by atoms with Crippen LogP contribution in [0.3, 0.4) is 0 Å². The number of benzene rings is 2. The Balaban J connectivity index is 1.58. The zero-order valence-corrected chi connectivity index (χ0v) is 21.2. The molecule has 0 radical (unpaired) electrons. The molecule has 2 unspecified atom stereocenters. The van der Waals surface area contributed by atoms with E-state index in [0.29, 0.717) is 17.9 Å². The zero-order valence-electron chi connectivity index (χ0n) is 20.4. The van der Waals surface area contributed by atoms with Gasteiger partial charge in [0.2, 0.25) is 5.91 Å². The molecule has 1 aliphatic carbocycles. The van der Waals surface area contributed by atoms with Crippen molar-refractivity contribution < 1.29 is 14.3 Å². The molecule has 2 aliphatic rings. The van der Waals surface area contributed by atoms with Crippen molar-refractivity contribution in [2.24, 2.45) is 5.92 Å². The first-order chi connectivity index (χ1) is 16.6. The zero-order chi connectivity index (χ0) is 23.9. The van der Waals surface area contributed by atoms with E-state index in [1.165, 1.54) is 24.8 Å². The molecule has 4 rings (SSSR count). The first-order valence-corrected chi connectivity index (χ1v) is 12.8. The lowest BCUT2D eigenvalue weighted by Crippen LogP contribution is -2.46. The van der Waals surface area contributed by atoms with E-state index in [2.05, 4.69) is 34.1 Å². The van der Waals surface area contributed by atoms with Gasteiger partial charge in [-0.05, 0) is 48.1 Å². The summed E-state index contributed by atoms with van der Waals surface area (Å²) < 4.78 is 10.8. The minimum Gasteiger partial charge on any atom is -0.497 e. The molecule has 184 valence electrons. The minimum absolute atomic E-state index is 0.114. The molecule has 2 fully saturated rings. The minimum atomic E-state index is 0.114. The van der Waals surface area contributed by atoms with Crippen molar-refractivity contribution in [1.29, 1.82) is 0 Å². The average molecular weight is 485 g/mol. The van der Waals surface area contributed by atoms with Crippen LogP contribution in [0, 0.1) is 5.92 Å². The van der Waals surface area contributed by atoms with Crippen molar-refractivity contribution in [3.8, 4) is 5.75 Å². The lowest BCUT2D eigenvalue weighted by Gasteiger charge is -2.37. The number of ether oxygens (including phenoxy) is 2. The highest BCUT2D eigenvalue weighted by atomic mass is 35.5. The van der Waals surface area contributed by atoms with Gasteiger partial charge in [0.05, 0.1) is 7.11 Å². The second kappa shape index (κ2) is 12.1. The maximum atomic E-state index is 13.1. The maximum absolute atomic E-state index is 13.1. The van der Waals surface area contributed by atoms with Crippen LogP contribution >= 0.6 is 11.6 Å². The number of carbonyl (C=O) groups is 1. The predicted octanol–water partition coefficient (Wildman–Crippen LogP) is 5.37. The van der Waals surface area contributed by atoms with E-state index in [0.717, 1.165) is 55.4 Å². The van der Waals surface area contributed by atoms with E-state index in [9.17, 15) is 4.79 Å². The Morgan fingerprint density at radius 1 is 1.06 bits per heavy atom.